The molecule has 0 atom stereocenters. The highest BCUT2D eigenvalue weighted by Crippen LogP contribution is 2.23. The number of nitrogens with one attached hydrogen (secondary N) is 3. The second kappa shape index (κ2) is 9.71. The van der Waals surface area contributed by atoms with Crippen molar-refractivity contribution in [1.29, 1.82) is 5.26 Å². The Balaban J connectivity index is 1.58. The van der Waals surface area contributed by atoms with Crippen LogP contribution in [0.5, 0.6) is 5.75 Å². The van der Waals surface area contributed by atoms with Gasteiger partial charge < -0.3 is 20.7 Å². The zero-order valence-corrected chi connectivity index (χ0v) is 17.3. The second-order valence-electron chi connectivity index (χ2n) is 6.38. The monoisotopic (exact) mass is 405 g/mol. The van der Waals surface area contributed by atoms with Crippen LogP contribution in [-0.2, 0) is 6.42 Å². The Labute approximate surface area is 175 Å². The summed E-state index contributed by atoms with van der Waals surface area (Å²) in [6.07, 6.45) is 0.951. The SMILES string of the molecule is CCc1ccc2nc(NCCNC(=S)Nc3ccccc3OC)c(C#N)cc2c1. The van der Waals surface area contributed by atoms with E-state index in [0.29, 0.717) is 29.6 Å². The van der Waals surface area contributed by atoms with Crippen LogP contribution in [0.15, 0.2) is 48.5 Å². The van der Waals surface area contributed by atoms with Gasteiger partial charge in [0.2, 0.25) is 0 Å². The number of thiocarbonyl (C=S) groups is 1. The maximum absolute atomic E-state index is 9.47. The average Bonchev–Trinajstić information content (AvgIpc) is 2.76. The summed E-state index contributed by atoms with van der Waals surface area (Å²) in [5.74, 6) is 1.30. The summed E-state index contributed by atoms with van der Waals surface area (Å²) in [5, 5.41) is 20.4. The van der Waals surface area contributed by atoms with Crippen molar-refractivity contribution >= 4 is 39.7 Å². The third-order valence-electron chi connectivity index (χ3n) is 4.47. The van der Waals surface area contributed by atoms with E-state index in [1.807, 2.05) is 36.4 Å². The number of benzene rings is 2. The first kappa shape index (κ1) is 20.4. The third-order valence-corrected chi connectivity index (χ3v) is 4.71. The van der Waals surface area contributed by atoms with E-state index in [9.17, 15) is 5.26 Å². The summed E-state index contributed by atoms with van der Waals surface area (Å²) >= 11 is 5.34. The molecule has 29 heavy (non-hydrogen) atoms. The van der Waals surface area contributed by atoms with Crippen LogP contribution in [0, 0.1) is 11.3 Å². The fourth-order valence-corrected chi connectivity index (χ4v) is 3.15. The molecule has 3 N–H and O–H groups in total. The first-order valence-corrected chi connectivity index (χ1v) is 9.81. The smallest absolute Gasteiger partial charge is 0.170 e. The molecule has 0 saturated heterocycles. The molecule has 0 amide bonds. The Bertz CT molecular complexity index is 1060. The molecule has 1 aromatic heterocycles. The van der Waals surface area contributed by atoms with E-state index in [-0.39, 0.29) is 0 Å². The molecule has 7 heteroatoms. The molecule has 0 radical (unpaired) electrons. The largest absolute Gasteiger partial charge is 0.495 e. The molecule has 0 unspecified atom stereocenters. The number of nitriles is 1. The molecule has 0 aliphatic carbocycles. The number of aromatic nitrogens is 1. The molecule has 2 aromatic carbocycles. The second-order valence-corrected chi connectivity index (χ2v) is 6.79. The van der Waals surface area contributed by atoms with Crippen molar-refractivity contribution in [1.82, 2.24) is 10.3 Å². The molecule has 148 valence electrons. The fourth-order valence-electron chi connectivity index (χ4n) is 2.94. The number of hydrogen-bond acceptors (Lipinski definition) is 5. The zero-order chi connectivity index (χ0) is 20.6. The Morgan fingerprint density at radius 1 is 1.17 bits per heavy atom. The summed E-state index contributed by atoms with van der Waals surface area (Å²) in [7, 11) is 1.62. The molecular formula is C22H23N5OS. The topological polar surface area (TPSA) is 82.0 Å². The van der Waals surface area contributed by atoms with Crippen molar-refractivity contribution in [2.45, 2.75) is 13.3 Å². The van der Waals surface area contributed by atoms with Gasteiger partial charge >= 0.3 is 0 Å². The minimum Gasteiger partial charge on any atom is -0.495 e. The van der Waals surface area contributed by atoms with Crippen LogP contribution in [0.1, 0.15) is 18.1 Å². The van der Waals surface area contributed by atoms with Gasteiger partial charge in [-0.05, 0) is 54.5 Å². The Morgan fingerprint density at radius 3 is 2.76 bits per heavy atom. The molecule has 0 bridgehead atoms. The zero-order valence-electron chi connectivity index (χ0n) is 16.5. The number of rotatable bonds is 7. The average molecular weight is 406 g/mol. The van der Waals surface area contributed by atoms with Crippen LogP contribution in [-0.4, -0.2) is 30.3 Å². The van der Waals surface area contributed by atoms with Crippen LogP contribution in [0.4, 0.5) is 11.5 Å². The van der Waals surface area contributed by atoms with Crippen molar-refractivity contribution < 1.29 is 4.74 Å². The van der Waals surface area contributed by atoms with E-state index in [1.54, 1.807) is 7.11 Å². The van der Waals surface area contributed by atoms with Crippen molar-refractivity contribution in [3.8, 4) is 11.8 Å². The van der Waals surface area contributed by atoms with Gasteiger partial charge in [-0.3, -0.25) is 0 Å². The number of para-hydroxylation sites is 2. The summed E-state index contributed by atoms with van der Waals surface area (Å²) in [4.78, 5) is 4.60. The number of anilines is 2. The number of pyridine rings is 1. The number of aryl methyl sites for hydroxylation is 1. The molecular weight excluding hydrogens is 382 g/mol. The molecule has 1 heterocycles. The lowest BCUT2D eigenvalue weighted by molar-refractivity contribution is 0.417. The van der Waals surface area contributed by atoms with Crippen molar-refractivity contribution in [2.75, 3.05) is 30.8 Å². The highest BCUT2D eigenvalue weighted by Gasteiger charge is 2.08. The number of methoxy groups -OCH3 is 1. The van der Waals surface area contributed by atoms with E-state index < -0.39 is 0 Å². The predicted molar refractivity (Wildman–Crippen MR) is 122 cm³/mol. The highest BCUT2D eigenvalue weighted by atomic mass is 32.1. The summed E-state index contributed by atoms with van der Waals surface area (Å²) in [5.41, 5.74) is 3.42. The van der Waals surface area contributed by atoms with Gasteiger partial charge in [0.15, 0.2) is 5.11 Å². The third kappa shape index (κ3) is 5.12. The van der Waals surface area contributed by atoms with Gasteiger partial charge in [0.05, 0.1) is 23.9 Å². The van der Waals surface area contributed by atoms with Crippen LogP contribution >= 0.6 is 12.2 Å². The van der Waals surface area contributed by atoms with Crippen molar-refractivity contribution in [3.63, 3.8) is 0 Å². The number of ether oxygens (including phenoxy) is 1. The lowest BCUT2D eigenvalue weighted by atomic mass is 10.1. The number of fused-ring (bicyclic) bond motifs is 1. The lowest BCUT2D eigenvalue weighted by Gasteiger charge is -2.14. The minimum atomic E-state index is 0.496. The van der Waals surface area contributed by atoms with E-state index in [0.717, 1.165) is 28.8 Å². The van der Waals surface area contributed by atoms with Gasteiger partial charge in [0.1, 0.15) is 17.6 Å². The predicted octanol–water partition coefficient (Wildman–Crippen LogP) is 4.08. The summed E-state index contributed by atoms with van der Waals surface area (Å²) in [6, 6.07) is 17.8. The molecule has 0 fully saturated rings. The van der Waals surface area contributed by atoms with Crippen molar-refractivity contribution in [2.24, 2.45) is 0 Å². The highest BCUT2D eigenvalue weighted by molar-refractivity contribution is 7.80. The Kier molecular flexibility index (Phi) is 6.82. The Hall–Kier alpha value is -3.37. The summed E-state index contributed by atoms with van der Waals surface area (Å²) < 4.78 is 5.30. The van der Waals surface area contributed by atoms with Gasteiger partial charge in [-0.1, -0.05) is 25.1 Å². The first-order valence-electron chi connectivity index (χ1n) is 9.40. The van der Waals surface area contributed by atoms with Gasteiger partial charge in [-0.2, -0.15) is 5.26 Å². The van der Waals surface area contributed by atoms with Crippen molar-refractivity contribution in [3.05, 3.63) is 59.7 Å². The van der Waals surface area contributed by atoms with Gasteiger partial charge in [0.25, 0.3) is 0 Å². The maximum Gasteiger partial charge on any atom is 0.170 e. The van der Waals surface area contributed by atoms with E-state index >= 15 is 0 Å². The lowest BCUT2D eigenvalue weighted by Crippen LogP contribution is -2.32. The molecule has 0 aliphatic heterocycles. The molecule has 0 spiro atoms. The van der Waals surface area contributed by atoms with Crippen LogP contribution < -0.4 is 20.7 Å². The van der Waals surface area contributed by atoms with Crippen LogP contribution in [0.3, 0.4) is 0 Å². The molecule has 3 rings (SSSR count). The number of nitrogens with zero attached hydrogens (tertiary/aromatic N) is 2. The first-order chi connectivity index (χ1) is 14.1. The quantitative estimate of drug-likeness (QED) is 0.404. The molecule has 0 saturated carbocycles. The Morgan fingerprint density at radius 2 is 2.00 bits per heavy atom. The normalized spacial score (nSPS) is 10.2. The fraction of sp³-hybridized carbons (Fsp3) is 0.227. The van der Waals surface area contributed by atoms with E-state index in [2.05, 4.69) is 46.1 Å². The van der Waals surface area contributed by atoms with E-state index in [1.165, 1.54) is 5.56 Å². The summed E-state index contributed by atoms with van der Waals surface area (Å²) in [6.45, 7) is 3.24. The van der Waals surface area contributed by atoms with Gasteiger partial charge in [0, 0.05) is 18.5 Å². The maximum atomic E-state index is 9.47. The minimum absolute atomic E-state index is 0.496. The molecule has 6 nitrogen and oxygen atoms in total. The van der Waals surface area contributed by atoms with Crippen LogP contribution in [0.25, 0.3) is 10.9 Å². The van der Waals surface area contributed by atoms with Crippen LogP contribution in [0.2, 0.25) is 0 Å². The van der Waals surface area contributed by atoms with Gasteiger partial charge in [-0.25, -0.2) is 4.98 Å². The molecule has 0 aliphatic rings. The standard InChI is InChI=1S/C22H23N5OS/c1-3-15-8-9-18-16(12-15)13-17(14-23)21(26-18)24-10-11-25-22(29)27-19-6-4-5-7-20(19)28-2/h4-9,12-13H,3,10-11H2,1-2H3,(H,24,26)(H2,25,27,29). The molecule has 3 aromatic rings. The number of hydrogen-bond donors (Lipinski definition) is 3. The van der Waals surface area contributed by atoms with Gasteiger partial charge in [-0.15, -0.1) is 0 Å². The van der Waals surface area contributed by atoms with E-state index in [4.69, 9.17) is 17.0 Å².